The van der Waals surface area contributed by atoms with E-state index < -0.39 is 0 Å². The van der Waals surface area contributed by atoms with Crippen LogP contribution in [0.3, 0.4) is 0 Å². The van der Waals surface area contributed by atoms with E-state index in [4.69, 9.17) is 0 Å². The molecular weight excluding hydrogens is 797 g/mol. The number of nitrogens with zero attached hydrogens (tertiary/aromatic N) is 2. The lowest BCUT2D eigenvalue weighted by atomic mass is 9.83. The summed E-state index contributed by atoms with van der Waals surface area (Å²) < 4.78 is 0. The number of anilines is 6. The van der Waals surface area contributed by atoms with Crippen LogP contribution < -0.4 is 9.80 Å². The van der Waals surface area contributed by atoms with E-state index in [0.29, 0.717) is 0 Å². The maximum absolute atomic E-state index is 2.56. The number of benzene rings is 10. The fourth-order valence-corrected chi connectivity index (χ4v) is 10.2. The molecule has 0 aliphatic heterocycles. The number of hydrogen-bond donors (Lipinski definition) is 0. The summed E-state index contributed by atoms with van der Waals surface area (Å²) >= 11 is 0. The van der Waals surface area contributed by atoms with Crippen molar-refractivity contribution in [2.45, 2.75) is 80.6 Å². The number of aryl methyl sites for hydroxylation is 6. The molecule has 0 amide bonds. The molecule has 2 nitrogen and oxygen atoms in total. The second-order valence-corrected chi connectivity index (χ2v) is 19.4. The summed E-state index contributed by atoms with van der Waals surface area (Å²) in [4.78, 5) is 5.12. The van der Waals surface area contributed by atoms with Crippen LogP contribution in [0.2, 0.25) is 0 Å². The molecule has 0 atom stereocenters. The third-order valence-electron chi connectivity index (χ3n) is 14.0. The minimum absolute atomic E-state index is 0.00224. The van der Waals surface area contributed by atoms with Crippen molar-refractivity contribution in [3.8, 4) is 22.3 Å². The van der Waals surface area contributed by atoms with Crippen molar-refractivity contribution in [3.63, 3.8) is 0 Å². The first-order valence-corrected chi connectivity index (χ1v) is 23.8. The number of hydrogen-bond acceptors (Lipinski definition) is 2. The van der Waals surface area contributed by atoms with Gasteiger partial charge >= 0.3 is 0 Å². The van der Waals surface area contributed by atoms with Gasteiger partial charge in [0, 0.05) is 38.9 Å². The van der Waals surface area contributed by atoms with Gasteiger partial charge in [0.25, 0.3) is 0 Å². The third kappa shape index (κ3) is 7.59. The van der Waals surface area contributed by atoms with Crippen LogP contribution in [0.25, 0.3) is 54.6 Å². The maximum atomic E-state index is 2.56. The second-order valence-electron chi connectivity index (χ2n) is 19.4. The van der Waals surface area contributed by atoms with Crippen LogP contribution in [-0.2, 0) is 18.3 Å². The zero-order valence-corrected chi connectivity index (χ0v) is 40.1. The smallest absolute Gasteiger partial charge is 0.0561 e. The van der Waals surface area contributed by atoms with Gasteiger partial charge < -0.3 is 9.80 Å². The Morgan fingerprint density at radius 3 is 1.26 bits per heavy atom. The van der Waals surface area contributed by atoms with E-state index in [0.717, 1.165) is 47.0 Å². The van der Waals surface area contributed by atoms with Crippen LogP contribution in [-0.4, -0.2) is 0 Å². The summed E-state index contributed by atoms with van der Waals surface area (Å²) in [5.41, 5.74) is 20.7. The van der Waals surface area contributed by atoms with Crippen LogP contribution in [0.4, 0.5) is 34.1 Å². The van der Waals surface area contributed by atoms with E-state index in [2.05, 4.69) is 248 Å². The second kappa shape index (κ2) is 17.0. The van der Waals surface area contributed by atoms with Crippen LogP contribution in [0, 0.1) is 27.7 Å². The van der Waals surface area contributed by atoms with Gasteiger partial charge in [-0.05, 0) is 166 Å². The molecule has 0 radical (unpaired) electrons. The predicted molar refractivity (Wildman–Crippen MR) is 287 cm³/mol. The Hall–Kier alpha value is -7.16. The van der Waals surface area contributed by atoms with E-state index in [9.17, 15) is 0 Å². The van der Waals surface area contributed by atoms with E-state index in [1.165, 1.54) is 93.5 Å². The minimum atomic E-state index is 0.00224. The summed E-state index contributed by atoms with van der Waals surface area (Å²) in [5.74, 6) is 0. The molecule has 66 heavy (non-hydrogen) atoms. The van der Waals surface area contributed by atoms with Crippen molar-refractivity contribution in [1.82, 2.24) is 0 Å². The van der Waals surface area contributed by atoms with E-state index in [-0.39, 0.29) is 5.41 Å². The molecule has 0 unspecified atom stereocenters. The molecule has 10 aromatic carbocycles. The van der Waals surface area contributed by atoms with Crippen LogP contribution in [0.15, 0.2) is 176 Å². The summed E-state index contributed by atoms with van der Waals surface area (Å²) in [7, 11) is 0. The quantitative estimate of drug-likeness (QED) is 0.126. The standard InChI is InChI=1S/C64H60N2/c1-10-45-20-16-22-52(34-45)65(58-38-47(28-26-43(58)5)54-24-14-12-18-41(54)3)60-40-61(57-33-31-50-37-51(64(7,8)9)36-49-30-32-56(60)63(57)62(49)50)66(53-23-17-21-46(11-2)35-53)59-39-48(29-27-44(59)6)55-25-15-13-19-42(55)4/h12-40H,10-11H2,1-9H3. The summed E-state index contributed by atoms with van der Waals surface area (Å²) in [5, 5.41) is 7.59. The highest BCUT2D eigenvalue weighted by Gasteiger charge is 2.27. The molecule has 2 heteroatoms. The molecule has 0 spiro atoms. The Kier molecular flexibility index (Phi) is 11.0. The summed E-state index contributed by atoms with van der Waals surface area (Å²) in [6.07, 6.45) is 1.89. The lowest BCUT2D eigenvalue weighted by molar-refractivity contribution is 0.591. The molecule has 0 saturated heterocycles. The molecule has 0 aliphatic carbocycles. The molecule has 0 N–H and O–H groups in total. The maximum Gasteiger partial charge on any atom is 0.0561 e. The summed E-state index contributed by atoms with van der Waals surface area (Å²) in [6, 6.07) is 66.8. The Morgan fingerprint density at radius 2 is 0.833 bits per heavy atom. The highest BCUT2D eigenvalue weighted by molar-refractivity contribution is 6.29. The summed E-state index contributed by atoms with van der Waals surface area (Å²) in [6.45, 7) is 20.4. The van der Waals surface area contributed by atoms with Crippen molar-refractivity contribution in [1.29, 1.82) is 0 Å². The van der Waals surface area contributed by atoms with E-state index in [1.807, 2.05) is 0 Å². The highest BCUT2D eigenvalue weighted by Crippen LogP contribution is 2.52. The molecule has 0 saturated carbocycles. The minimum Gasteiger partial charge on any atom is -0.309 e. The van der Waals surface area contributed by atoms with Crippen molar-refractivity contribution in [2.75, 3.05) is 9.80 Å². The topological polar surface area (TPSA) is 6.48 Å². The molecule has 0 heterocycles. The van der Waals surface area contributed by atoms with Gasteiger partial charge in [0.2, 0.25) is 0 Å². The Balaban J connectivity index is 1.36. The van der Waals surface area contributed by atoms with Gasteiger partial charge in [-0.1, -0.05) is 168 Å². The fraction of sp³-hybridized carbons (Fsp3) is 0.188. The SMILES string of the molecule is CCc1cccc(N(c2cc(-c3ccccc3C)ccc2C)c2cc(N(c3cccc(CC)c3)c3cc(-c4ccccc4C)ccc3C)c3ccc4cc(C(C)(C)C)cc5ccc2c3c54)c1. The third-order valence-corrected chi connectivity index (χ3v) is 14.0. The van der Waals surface area contributed by atoms with Crippen molar-refractivity contribution >= 4 is 66.4 Å². The van der Waals surface area contributed by atoms with Gasteiger partial charge in [-0.3, -0.25) is 0 Å². The predicted octanol–water partition coefficient (Wildman–Crippen LogP) is 18.5. The molecule has 0 fully saturated rings. The Bertz CT molecular complexity index is 3220. The van der Waals surface area contributed by atoms with Gasteiger partial charge in [-0.25, -0.2) is 0 Å². The van der Waals surface area contributed by atoms with Crippen LogP contribution in [0.5, 0.6) is 0 Å². The molecule has 0 bridgehead atoms. The fourth-order valence-electron chi connectivity index (χ4n) is 10.2. The average Bonchev–Trinajstić information content (AvgIpc) is 3.32. The average molecular weight is 857 g/mol. The first kappa shape index (κ1) is 42.8. The van der Waals surface area contributed by atoms with Gasteiger partial charge in [0.1, 0.15) is 0 Å². The lowest BCUT2D eigenvalue weighted by Gasteiger charge is -2.34. The normalized spacial score (nSPS) is 11.8. The molecule has 326 valence electrons. The van der Waals surface area contributed by atoms with Crippen molar-refractivity contribution in [3.05, 3.63) is 215 Å². The zero-order chi connectivity index (χ0) is 45.9. The van der Waals surface area contributed by atoms with Crippen LogP contribution in [0.1, 0.15) is 73.6 Å². The first-order valence-electron chi connectivity index (χ1n) is 23.8. The Morgan fingerprint density at radius 1 is 0.379 bits per heavy atom. The van der Waals surface area contributed by atoms with Gasteiger partial charge in [-0.2, -0.15) is 0 Å². The largest absolute Gasteiger partial charge is 0.309 e. The molecular formula is C64H60N2. The van der Waals surface area contributed by atoms with Crippen LogP contribution >= 0.6 is 0 Å². The van der Waals surface area contributed by atoms with Crippen molar-refractivity contribution < 1.29 is 0 Å². The van der Waals surface area contributed by atoms with Gasteiger partial charge in [-0.15, -0.1) is 0 Å². The molecule has 10 rings (SSSR count). The van der Waals surface area contributed by atoms with Crippen molar-refractivity contribution in [2.24, 2.45) is 0 Å². The Labute approximate surface area is 392 Å². The lowest BCUT2D eigenvalue weighted by Crippen LogP contribution is -2.16. The zero-order valence-electron chi connectivity index (χ0n) is 40.1. The monoisotopic (exact) mass is 856 g/mol. The highest BCUT2D eigenvalue weighted by atomic mass is 15.2. The molecule has 0 aromatic heterocycles. The van der Waals surface area contributed by atoms with Gasteiger partial charge in [0.15, 0.2) is 0 Å². The first-order chi connectivity index (χ1) is 31.9. The van der Waals surface area contributed by atoms with E-state index >= 15 is 0 Å². The molecule has 10 aromatic rings. The van der Waals surface area contributed by atoms with Gasteiger partial charge in [0.05, 0.1) is 11.4 Å². The molecule has 0 aliphatic rings. The van der Waals surface area contributed by atoms with E-state index in [1.54, 1.807) is 0 Å². The number of rotatable bonds is 10.